The predicted octanol–water partition coefficient (Wildman–Crippen LogP) is -1.25. The molecule has 1 aromatic rings. The van der Waals surface area contributed by atoms with Gasteiger partial charge in [0, 0.05) is 11.8 Å². The Balaban J connectivity index is 2.22. The Labute approximate surface area is 96.6 Å². The molecule has 0 saturated carbocycles. The van der Waals surface area contributed by atoms with Crippen molar-refractivity contribution in [3.63, 3.8) is 0 Å². The fourth-order valence-electron chi connectivity index (χ4n) is 1.60. The van der Waals surface area contributed by atoms with Crippen LogP contribution in [0, 0.1) is 6.92 Å². The second-order valence-electron chi connectivity index (χ2n) is 3.90. The van der Waals surface area contributed by atoms with E-state index in [1.54, 1.807) is 6.92 Å². The van der Waals surface area contributed by atoms with Gasteiger partial charge in [-0.15, -0.1) is 0 Å². The maximum Gasteiger partial charge on any atom is 0.330 e. The molecule has 1 aromatic heterocycles. The first kappa shape index (κ1) is 12.0. The molecule has 17 heavy (non-hydrogen) atoms. The van der Waals surface area contributed by atoms with Crippen molar-refractivity contribution in [2.24, 2.45) is 0 Å². The Hall–Kier alpha value is -1.44. The molecule has 2 heterocycles. The van der Waals surface area contributed by atoms with Gasteiger partial charge in [-0.2, -0.15) is 0 Å². The van der Waals surface area contributed by atoms with Gasteiger partial charge in [0.25, 0.3) is 5.56 Å². The van der Waals surface area contributed by atoms with E-state index in [1.165, 1.54) is 10.8 Å². The molecule has 1 aliphatic heterocycles. The summed E-state index contributed by atoms with van der Waals surface area (Å²) in [6.45, 7) is 1.86. The summed E-state index contributed by atoms with van der Waals surface area (Å²) < 4.78 is 12.0. The van der Waals surface area contributed by atoms with E-state index < -0.39 is 17.5 Å². The van der Waals surface area contributed by atoms with Crippen molar-refractivity contribution < 1.29 is 14.6 Å². The number of hydrogen-bond donors (Lipinski definition) is 2. The normalized spacial score (nSPS) is 24.8. The number of aliphatic hydroxyl groups excluding tert-OH is 1. The Morgan fingerprint density at radius 3 is 2.82 bits per heavy atom. The van der Waals surface area contributed by atoms with Crippen LogP contribution in [-0.2, 0) is 9.47 Å². The summed E-state index contributed by atoms with van der Waals surface area (Å²) in [5, 5.41) is 8.86. The molecule has 7 heteroatoms. The molecule has 1 aliphatic rings. The monoisotopic (exact) mass is 242 g/mol. The van der Waals surface area contributed by atoms with Crippen LogP contribution in [0.1, 0.15) is 11.8 Å². The van der Waals surface area contributed by atoms with Crippen LogP contribution in [0.5, 0.6) is 0 Å². The molecule has 2 rings (SSSR count). The SMILES string of the molecule is Cc1cn(C2COC(CO)CO2)c(=O)[nH]c1=O. The van der Waals surface area contributed by atoms with Gasteiger partial charge in [-0.25, -0.2) is 4.79 Å². The molecule has 1 saturated heterocycles. The van der Waals surface area contributed by atoms with Crippen LogP contribution >= 0.6 is 0 Å². The highest BCUT2D eigenvalue weighted by Gasteiger charge is 2.23. The molecule has 0 aliphatic carbocycles. The molecule has 7 nitrogen and oxygen atoms in total. The standard InChI is InChI=1S/C10H14N2O5/c1-6-2-12(10(15)11-9(6)14)8-5-16-7(3-13)4-17-8/h2,7-8,13H,3-5H2,1H3,(H,11,14,15). The van der Waals surface area contributed by atoms with Gasteiger partial charge in [0.05, 0.1) is 19.8 Å². The summed E-state index contributed by atoms with van der Waals surface area (Å²) in [4.78, 5) is 25.0. The smallest absolute Gasteiger partial charge is 0.330 e. The largest absolute Gasteiger partial charge is 0.394 e. The summed E-state index contributed by atoms with van der Waals surface area (Å²) in [5.74, 6) is 0. The molecule has 2 atom stereocenters. The number of aryl methyl sites for hydroxylation is 1. The summed E-state index contributed by atoms with van der Waals surface area (Å²) in [6.07, 6.45) is 0.515. The lowest BCUT2D eigenvalue weighted by molar-refractivity contribution is -0.172. The molecule has 2 unspecified atom stereocenters. The van der Waals surface area contributed by atoms with Gasteiger partial charge < -0.3 is 14.6 Å². The molecular formula is C10H14N2O5. The first-order chi connectivity index (χ1) is 8.11. The van der Waals surface area contributed by atoms with Crippen molar-refractivity contribution in [1.82, 2.24) is 9.55 Å². The fourth-order valence-corrected chi connectivity index (χ4v) is 1.60. The predicted molar refractivity (Wildman–Crippen MR) is 57.9 cm³/mol. The molecule has 1 fully saturated rings. The van der Waals surface area contributed by atoms with Crippen LogP contribution in [-0.4, -0.2) is 40.6 Å². The lowest BCUT2D eigenvalue weighted by Crippen LogP contribution is -2.41. The highest BCUT2D eigenvalue weighted by Crippen LogP contribution is 2.14. The minimum atomic E-state index is -0.569. The van der Waals surface area contributed by atoms with Gasteiger partial charge in [-0.05, 0) is 6.92 Å². The maximum atomic E-state index is 11.6. The molecule has 0 amide bonds. The maximum absolute atomic E-state index is 11.6. The van der Waals surface area contributed by atoms with Crippen molar-refractivity contribution in [1.29, 1.82) is 0 Å². The van der Waals surface area contributed by atoms with Crippen molar-refractivity contribution in [2.45, 2.75) is 19.3 Å². The Kier molecular flexibility index (Phi) is 3.41. The van der Waals surface area contributed by atoms with Gasteiger partial charge in [0.1, 0.15) is 6.10 Å². The number of ether oxygens (including phenoxy) is 2. The minimum absolute atomic E-state index is 0.119. The van der Waals surface area contributed by atoms with E-state index in [2.05, 4.69) is 4.98 Å². The van der Waals surface area contributed by atoms with Gasteiger partial charge in [0.15, 0.2) is 6.23 Å². The average molecular weight is 242 g/mol. The zero-order valence-electron chi connectivity index (χ0n) is 9.38. The van der Waals surface area contributed by atoms with Crippen LogP contribution in [0.3, 0.4) is 0 Å². The quantitative estimate of drug-likeness (QED) is 0.676. The molecule has 2 N–H and O–H groups in total. The van der Waals surface area contributed by atoms with Gasteiger partial charge in [-0.1, -0.05) is 0 Å². The lowest BCUT2D eigenvalue weighted by atomic mass is 10.3. The minimum Gasteiger partial charge on any atom is -0.394 e. The van der Waals surface area contributed by atoms with Crippen molar-refractivity contribution in [2.75, 3.05) is 19.8 Å². The van der Waals surface area contributed by atoms with E-state index in [9.17, 15) is 9.59 Å². The average Bonchev–Trinajstić information content (AvgIpc) is 2.34. The van der Waals surface area contributed by atoms with Crippen LogP contribution in [0.15, 0.2) is 15.8 Å². The summed E-state index contributed by atoms with van der Waals surface area (Å²) >= 11 is 0. The highest BCUT2D eigenvalue weighted by molar-refractivity contribution is 5.01. The van der Waals surface area contributed by atoms with Crippen molar-refractivity contribution >= 4 is 0 Å². The van der Waals surface area contributed by atoms with Crippen molar-refractivity contribution in [3.8, 4) is 0 Å². The Morgan fingerprint density at radius 2 is 2.24 bits per heavy atom. The number of nitrogens with one attached hydrogen (secondary N) is 1. The van der Waals surface area contributed by atoms with Gasteiger partial charge in [-0.3, -0.25) is 14.3 Å². The molecule has 0 radical (unpaired) electrons. The number of aromatic nitrogens is 2. The van der Waals surface area contributed by atoms with E-state index in [-0.39, 0.29) is 25.9 Å². The fraction of sp³-hybridized carbons (Fsp3) is 0.600. The zero-order valence-corrected chi connectivity index (χ0v) is 9.38. The van der Waals surface area contributed by atoms with Crippen LogP contribution in [0.4, 0.5) is 0 Å². The van der Waals surface area contributed by atoms with E-state index in [4.69, 9.17) is 14.6 Å². The summed E-state index contributed by atoms with van der Waals surface area (Å²) in [5.41, 5.74) is -0.509. The molecule has 0 aromatic carbocycles. The molecule has 0 spiro atoms. The topological polar surface area (TPSA) is 93.6 Å². The third-order valence-corrected chi connectivity index (χ3v) is 2.61. The van der Waals surface area contributed by atoms with Crippen LogP contribution < -0.4 is 11.2 Å². The molecular weight excluding hydrogens is 228 g/mol. The lowest BCUT2D eigenvalue weighted by Gasteiger charge is -2.29. The highest BCUT2D eigenvalue weighted by atomic mass is 16.6. The number of aliphatic hydroxyl groups is 1. The number of rotatable bonds is 2. The number of aromatic amines is 1. The van der Waals surface area contributed by atoms with Crippen LogP contribution in [0.2, 0.25) is 0 Å². The first-order valence-electron chi connectivity index (χ1n) is 5.28. The van der Waals surface area contributed by atoms with E-state index in [0.29, 0.717) is 5.56 Å². The number of H-pyrrole nitrogens is 1. The number of hydrogen-bond acceptors (Lipinski definition) is 5. The third kappa shape index (κ3) is 2.46. The summed E-state index contributed by atoms with van der Waals surface area (Å²) in [6, 6.07) is 0. The van der Waals surface area contributed by atoms with E-state index in [1.807, 2.05) is 0 Å². The Bertz CT molecular complexity index is 498. The summed E-state index contributed by atoms with van der Waals surface area (Å²) in [7, 11) is 0. The zero-order chi connectivity index (χ0) is 12.4. The van der Waals surface area contributed by atoms with E-state index >= 15 is 0 Å². The molecule has 94 valence electrons. The van der Waals surface area contributed by atoms with Crippen molar-refractivity contribution in [3.05, 3.63) is 32.6 Å². The molecule has 0 bridgehead atoms. The van der Waals surface area contributed by atoms with Gasteiger partial charge in [0.2, 0.25) is 0 Å². The number of nitrogens with zero attached hydrogens (tertiary/aromatic N) is 1. The second-order valence-corrected chi connectivity index (χ2v) is 3.90. The Morgan fingerprint density at radius 1 is 1.47 bits per heavy atom. The second kappa shape index (κ2) is 4.82. The van der Waals surface area contributed by atoms with Gasteiger partial charge >= 0.3 is 5.69 Å². The first-order valence-corrected chi connectivity index (χ1v) is 5.28. The van der Waals surface area contributed by atoms with E-state index in [0.717, 1.165) is 0 Å². The van der Waals surface area contributed by atoms with Crippen LogP contribution in [0.25, 0.3) is 0 Å². The third-order valence-electron chi connectivity index (χ3n) is 2.61.